The Kier molecular flexibility index (Phi) is 4.49. The van der Waals surface area contributed by atoms with Crippen LogP contribution in [-0.4, -0.2) is 35.8 Å². The highest BCUT2D eigenvalue weighted by molar-refractivity contribution is 5.89. The van der Waals surface area contributed by atoms with Gasteiger partial charge in [0.05, 0.1) is 12.8 Å². The van der Waals surface area contributed by atoms with Gasteiger partial charge in [0.1, 0.15) is 5.75 Å². The average molecular weight is 381 g/mol. The first kappa shape index (κ1) is 17.8. The highest BCUT2D eigenvalue weighted by Gasteiger charge is 2.25. The molecule has 1 aliphatic heterocycles. The van der Waals surface area contributed by atoms with Gasteiger partial charge in [-0.25, -0.2) is 0 Å². The van der Waals surface area contributed by atoms with E-state index in [1.165, 1.54) is 27.5 Å². The molecule has 1 aliphatic rings. The lowest BCUT2D eigenvalue weighted by molar-refractivity contribution is 0.295. The molecule has 0 N–H and O–H groups in total. The van der Waals surface area contributed by atoms with Gasteiger partial charge < -0.3 is 9.64 Å². The van der Waals surface area contributed by atoms with E-state index in [0.717, 1.165) is 30.1 Å². The van der Waals surface area contributed by atoms with Crippen molar-refractivity contribution in [3.63, 3.8) is 0 Å². The van der Waals surface area contributed by atoms with Crippen molar-refractivity contribution in [2.75, 3.05) is 20.7 Å². The number of fused-ring (bicyclic) bond motifs is 2. The first-order valence-corrected chi connectivity index (χ1v) is 9.89. The lowest BCUT2D eigenvalue weighted by Gasteiger charge is -2.33. The average Bonchev–Trinajstić information content (AvgIpc) is 2.78. The minimum absolute atomic E-state index is 0.328. The highest BCUT2D eigenvalue weighted by Crippen LogP contribution is 2.37. The third kappa shape index (κ3) is 3.26. The molecular weight excluding hydrogens is 358 g/mol. The fourth-order valence-electron chi connectivity index (χ4n) is 4.40. The molecule has 0 aliphatic carbocycles. The Morgan fingerprint density at radius 3 is 2.76 bits per heavy atom. The summed E-state index contributed by atoms with van der Waals surface area (Å²) in [5, 5.41) is 10.7. The van der Waals surface area contributed by atoms with Crippen LogP contribution >= 0.6 is 0 Å². The molecule has 1 atom stereocenters. The zero-order chi connectivity index (χ0) is 19.8. The molecule has 0 saturated carbocycles. The number of rotatable bonds is 3. The van der Waals surface area contributed by atoms with Crippen molar-refractivity contribution in [1.82, 2.24) is 15.1 Å². The zero-order valence-electron chi connectivity index (χ0n) is 16.7. The van der Waals surface area contributed by atoms with Crippen LogP contribution in [0.5, 0.6) is 5.75 Å². The maximum absolute atomic E-state index is 5.60. The van der Waals surface area contributed by atoms with E-state index in [0.29, 0.717) is 5.92 Å². The SMILES string of the molecule is COc1cccc2ccc(C3CN(C)Cc4cc(-c5cccnn5)ccc43)cc12. The first-order valence-electron chi connectivity index (χ1n) is 9.89. The van der Waals surface area contributed by atoms with Crippen LogP contribution in [0.3, 0.4) is 0 Å². The molecule has 1 aromatic heterocycles. The summed E-state index contributed by atoms with van der Waals surface area (Å²) in [5.74, 6) is 1.25. The zero-order valence-corrected chi connectivity index (χ0v) is 16.7. The number of ether oxygens (including phenoxy) is 1. The van der Waals surface area contributed by atoms with Crippen LogP contribution in [0, 0.1) is 0 Å². The molecule has 1 unspecified atom stereocenters. The number of benzene rings is 3. The third-order valence-corrected chi connectivity index (χ3v) is 5.81. The highest BCUT2D eigenvalue weighted by atomic mass is 16.5. The molecule has 29 heavy (non-hydrogen) atoms. The van der Waals surface area contributed by atoms with Crippen LogP contribution in [0.25, 0.3) is 22.0 Å². The topological polar surface area (TPSA) is 38.2 Å². The first-order chi connectivity index (χ1) is 14.2. The summed E-state index contributed by atoms with van der Waals surface area (Å²) in [6, 6.07) is 23.6. The number of methoxy groups -OCH3 is 1. The fraction of sp³-hybridized carbons (Fsp3) is 0.200. The fourth-order valence-corrected chi connectivity index (χ4v) is 4.40. The van der Waals surface area contributed by atoms with E-state index in [1.54, 1.807) is 13.3 Å². The van der Waals surface area contributed by atoms with Crippen LogP contribution in [0.1, 0.15) is 22.6 Å². The van der Waals surface area contributed by atoms with Crippen molar-refractivity contribution in [3.8, 4) is 17.0 Å². The van der Waals surface area contributed by atoms with Crippen LogP contribution < -0.4 is 4.74 Å². The van der Waals surface area contributed by atoms with Gasteiger partial charge >= 0.3 is 0 Å². The molecular formula is C25H23N3O. The summed E-state index contributed by atoms with van der Waals surface area (Å²) in [6.45, 7) is 1.94. The number of likely N-dealkylation sites (N-methyl/N-ethyl adjacent to an activating group) is 1. The summed E-state index contributed by atoms with van der Waals surface area (Å²) in [6.07, 6.45) is 1.71. The summed E-state index contributed by atoms with van der Waals surface area (Å²) >= 11 is 0. The molecule has 3 aromatic carbocycles. The van der Waals surface area contributed by atoms with Gasteiger partial charge in [-0.3, -0.25) is 0 Å². The third-order valence-electron chi connectivity index (χ3n) is 5.81. The van der Waals surface area contributed by atoms with Gasteiger partial charge in [-0.1, -0.05) is 36.4 Å². The van der Waals surface area contributed by atoms with Crippen molar-refractivity contribution >= 4 is 10.8 Å². The lowest BCUT2D eigenvalue weighted by atomic mass is 9.83. The summed E-state index contributed by atoms with van der Waals surface area (Å²) in [5.41, 5.74) is 6.10. The normalized spacial score (nSPS) is 16.6. The largest absolute Gasteiger partial charge is 0.496 e. The predicted octanol–water partition coefficient (Wildman–Crippen LogP) is 4.88. The molecule has 0 saturated heterocycles. The van der Waals surface area contributed by atoms with Crippen molar-refractivity contribution in [2.45, 2.75) is 12.5 Å². The van der Waals surface area contributed by atoms with Crippen molar-refractivity contribution in [1.29, 1.82) is 0 Å². The molecule has 144 valence electrons. The second kappa shape index (κ2) is 7.30. The Labute approximate surface area is 170 Å². The van der Waals surface area contributed by atoms with Gasteiger partial charge in [-0.2, -0.15) is 10.2 Å². The van der Waals surface area contributed by atoms with Crippen LogP contribution in [0.2, 0.25) is 0 Å². The van der Waals surface area contributed by atoms with Gasteiger partial charge in [0, 0.05) is 36.2 Å². The molecule has 0 spiro atoms. The molecule has 0 fully saturated rings. The monoisotopic (exact) mass is 381 g/mol. The Morgan fingerprint density at radius 1 is 1.00 bits per heavy atom. The molecule has 2 heterocycles. The summed E-state index contributed by atoms with van der Waals surface area (Å²) in [7, 11) is 3.92. The number of nitrogens with zero attached hydrogens (tertiary/aromatic N) is 3. The molecule has 5 rings (SSSR count). The molecule has 4 aromatic rings. The van der Waals surface area contributed by atoms with Gasteiger partial charge in [0.25, 0.3) is 0 Å². The molecule has 0 bridgehead atoms. The van der Waals surface area contributed by atoms with Crippen LogP contribution in [0.15, 0.2) is 72.9 Å². The molecule has 0 radical (unpaired) electrons. The van der Waals surface area contributed by atoms with Crippen molar-refractivity contribution in [2.24, 2.45) is 0 Å². The van der Waals surface area contributed by atoms with E-state index < -0.39 is 0 Å². The van der Waals surface area contributed by atoms with Crippen molar-refractivity contribution in [3.05, 3.63) is 89.6 Å². The van der Waals surface area contributed by atoms with Gasteiger partial charge in [0.15, 0.2) is 0 Å². The van der Waals surface area contributed by atoms with E-state index in [9.17, 15) is 0 Å². The molecule has 0 amide bonds. The maximum Gasteiger partial charge on any atom is 0.126 e. The predicted molar refractivity (Wildman–Crippen MR) is 116 cm³/mol. The van der Waals surface area contributed by atoms with Gasteiger partial charge in [0.2, 0.25) is 0 Å². The van der Waals surface area contributed by atoms with E-state index in [4.69, 9.17) is 4.74 Å². The van der Waals surface area contributed by atoms with E-state index in [1.807, 2.05) is 24.3 Å². The second-order valence-electron chi connectivity index (χ2n) is 7.71. The van der Waals surface area contributed by atoms with Gasteiger partial charge in [-0.05, 0) is 59.5 Å². The van der Waals surface area contributed by atoms with Crippen LogP contribution in [-0.2, 0) is 6.54 Å². The minimum Gasteiger partial charge on any atom is -0.496 e. The second-order valence-corrected chi connectivity index (χ2v) is 7.71. The Hall–Kier alpha value is -3.24. The van der Waals surface area contributed by atoms with E-state index in [-0.39, 0.29) is 0 Å². The Bertz CT molecular complexity index is 1170. The Balaban J connectivity index is 1.60. The molecule has 4 nitrogen and oxygen atoms in total. The smallest absolute Gasteiger partial charge is 0.126 e. The molecule has 4 heteroatoms. The van der Waals surface area contributed by atoms with E-state index >= 15 is 0 Å². The number of aromatic nitrogens is 2. The number of hydrogen-bond donors (Lipinski definition) is 0. The van der Waals surface area contributed by atoms with Crippen molar-refractivity contribution < 1.29 is 4.74 Å². The Morgan fingerprint density at radius 2 is 1.93 bits per heavy atom. The van der Waals surface area contributed by atoms with Gasteiger partial charge in [-0.15, -0.1) is 0 Å². The quantitative estimate of drug-likeness (QED) is 0.507. The lowest BCUT2D eigenvalue weighted by Crippen LogP contribution is -2.31. The number of hydrogen-bond acceptors (Lipinski definition) is 4. The summed E-state index contributed by atoms with van der Waals surface area (Å²) < 4.78 is 5.60. The standard InChI is InChI=1S/C25H23N3O/c1-28-15-20-13-19(24-6-4-12-26-27-24)10-11-21(20)23(16-28)18-9-8-17-5-3-7-25(29-2)22(17)14-18/h3-14,23H,15-16H2,1-2H3. The maximum atomic E-state index is 5.60. The summed E-state index contributed by atoms with van der Waals surface area (Å²) in [4.78, 5) is 2.39. The van der Waals surface area contributed by atoms with E-state index in [2.05, 4.69) is 64.6 Å². The van der Waals surface area contributed by atoms with Crippen LogP contribution in [0.4, 0.5) is 0 Å². The minimum atomic E-state index is 0.328.